The number of benzene rings is 2. The van der Waals surface area contributed by atoms with Crippen molar-refractivity contribution in [2.45, 2.75) is 19.3 Å². The van der Waals surface area contributed by atoms with Crippen LogP contribution in [0.15, 0.2) is 53.6 Å². The second-order valence-electron chi connectivity index (χ2n) is 6.39. The Labute approximate surface area is 165 Å². The molecule has 0 aliphatic carbocycles. The zero-order valence-electron chi connectivity index (χ0n) is 15.4. The summed E-state index contributed by atoms with van der Waals surface area (Å²) in [7, 11) is 0. The number of rotatable bonds is 7. The molecule has 2 aromatic carbocycles. The van der Waals surface area contributed by atoms with Crippen molar-refractivity contribution < 1.29 is 27.9 Å². The Morgan fingerprint density at radius 2 is 1.79 bits per heavy atom. The third-order valence-electron chi connectivity index (χ3n) is 4.33. The van der Waals surface area contributed by atoms with Gasteiger partial charge >= 0.3 is 5.97 Å². The predicted molar refractivity (Wildman–Crippen MR) is 100 cm³/mol. The van der Waals surface area contributed by atoms with Gasteiger partial charge in [0.1, 0.15) is 11.6 Å². The summed E-state index contributed by atoms with van der Waals surface area (Å²) < 4.78 is 31.4. The minimum atomic E-state index is -0.899. The van der Waals surface area contributed by atoms with E-state index in [1.165, 1.54) is 5.01 Å². The average Bonchev–Trinajstić information content (AvgIpc) is 3.23. The van der Waals surface area contributed by atoms with Crippen LogP contribution in [0, 0.1) is 11.6 Å². The van der Waals surface area contributed by atoms with E-state index in [9.17, 15) is 23.2 Å². The molecule has 29 heavy (non-hydrogen) atoms. The third kappa shape index (κ3) is 5.31. The van der Waals surface area contributed by atoms with Gasteiger partial charge in [0, 0.05) is 12.8 Å². The lowest BCUT2D eigenvalue weighted by molar-refractivity contribution is -0.145. The Balaban J connectivity index is 1.46. The minimum absolute atomic E-state index is 0.132. The fourth-order valence-electron chi connectivity index (χ4n) is 2.82. The second kappa shape index (κ2) is 9.18. The van der Waals surface area contributed by atoms with E-state index in [2.05, 4.69) is 5.10 Å². The molecule has 0 radical (unpaired) electrons. The molecule has 0 N–H and O–H groups in total. The summed E-state index contributed by atoms with van der Waals surface area (Å²) in [5.41, 5.74) is 1.24. The first-order chi connectivity index (χ1) is 13.9. The van der Waals surface area contributed by atoms with Gasteiger partial charge in [-0.05, 0) is 23.8 Å². The molecule has 8 heteroatoms. The molecule has 3 rings (SSSR count). The quantitative estimate of drug-likeness (QED) is 0.529. The number of ether oxygens (including phenoxy) is 1. The molecule has 0 spiro atoms. The summed E-state index contributed by atoms with van der Waals surface area (Å²) in [5.74, 6) is -3.65. The number of esters is 1. The van der Waals surface area contributed by atoms with E-state index in [0.717, 1.165) is 29.5 Å². The normalized spacial score (nSPS) is 13.2. The smallest absolute Gasteiger partial charge is 0.306 e. The van der Waals surface area contributed by atoms with Crippen LogP contribution in [-0.2, 0) is 14.3 Å². The van der Waals surface area contributed by atoms with Gasteiger partial charge in [-0.25, -0.2) is 13.8 Å². The second-order valence-corrected chi connectivity index (χ2v) is 6.39. The number of amides is 1. The van der Waals surface area contributed by atoms with Crippen LogP contribution in [-0.4, -0.2) is 41.5 Å². The molecule has 0 bridgehead atoms. The molecular weight excluding hydrogens is 382 g/mol. The largest absolute Gasteiger partial charge is 0.457 e. The Hall–Kier alpha value is -3.42. The van der Waals surface area contributed by atoms with Crippen LogP contribution in [0.2, 0.25) is 0 Å². The predicted octanol–water partition coefficient (Wildman–Crippen LogP) is 3.11. The monoisotopic (exact) mass is 400 g/mol. The number of hydrogen-bond acceptors (Lipinski definition) is 5. The van der Waals surface area contributed by atoms with E-state index in [1.807, 2.05) is 30.3 Å². The number of carbonyl (C=O) groups is 3. The van der Waals surface area contributed by atoms with Crippen molar-refractivity contribution in [3.63, 3.8) is 0 Å². The van der Waals surface area contributed by atoms with Gasteiger partial charge in [-0.1, -0.05) is 30.3 Å². The number of halogens is 2. The molecule has 0 unspecified atom stereocenters. The zero-order chi connectivity index (χ0) is 20.8. The summed E-state index contributed by atoms with van der Waals surface area (Å²) >= 11 is 0. The van der Waals surface area contributed by atoms with E-state index in [0.29, 0.717) is 13.0 Å². The highest BCUT2D eigenvalue weighted by Gasteiger charge is 2.22. The lowest BCUT2D eigenvalue weighted by Crippen LogP contribution is -2.24. The van der Waals surface area contributed by atoms with Crippen molar-refractivity contribution in [2.24, 2.45) is 5.10 Å². The van der Waals surface area contributed by atoms with Gasteiger partial charge in [0.2, 0.25) is 11.7 Å². The molecule has 0 atom stereocenters. The standard InChI is InChI=1S/C21H18F2N2O4/c22-15-6-7-17(23)16(12-15)19(26)13-29-21(28)9-8-20(27)25-11-10-18(24-25)14-4-2-1-3-5-14/h1-7,12H,8-11,13H2. The molecule has 0 aromatic heterocycles. The third-order valence-corrected chi connectivity index (χ3v) is 4.33. The summed E-state index contributed by atoms with van der Waals surface area (Å²) in [4.78, 5) is 35.9. The van der Waals surface area contributed by atoms with Crippen LogP contribution in [0.5, 0.6) is 0 Å². The van der Waals surface area contributed by atoms with Gasteiger partial charge in [0.25, 0.3) is 0 Å². The first-order valence-corrected chi connectivity index (χ1v) is 9.01. The summed E-state index contributed by atoms with van der Waals surface area (Å²) in [5, 5.41) is 5.59. The fourth-order valence-corrected chi connectivity index (χ4v) is 2.82. The van der Waals surface area contributed by atoms with Crippen LogP contribution in [0.4, 0.5) is 8.78 Å². The number of hydrazone groups is 1. The topological polar surface area (TPSA) is 76.0 Å². The first-order valence-electron chi connectivity index (χ1n) is 9.01. The van der Waals surface area contributed by atoms with E-state index in [4.69, 9.17) is 4.74 Å². The molecule has 1 amide bonds. The lowest BCUT2D eigenvalue weighted by atomic mass is 10.1. The van der Waals surface area contributed by atoms with Crippen LogP contribution in [0.3, 0.4) is 0 Å². The number of hydrogen-bond donors (Lipinski definition) is 0. The SMILES string of the molecule is O=C(CCC(=O)N1CCC(c2ccccc2)=N1)OCC(=O)c1cc(F)ccc1F. The summed E-state index contributed by atoms with van der Waals surface area (Å²) in [6.07, 6.45) is 0.241. The van der Waals surface area contributed by atoms with Crippen molar-refractivity contribution in [3.8, 4) is 0 Å². The zero-order valence-corrected chi connectivity index (χ0v) is 15.4. The van der Waals surface area contributed by atoms with E-state index in [1.54, 1.807) is 0 Å². The van der Waals surface area contributed by atoms with E-state index in [-0.39, 0.29) is 18.7 Å². The Morgan fingerprint density at radius 1 is 1.03 bits per heavy atom. The first kappa shape index (κ1) is 20.3. The summed E-state index contributed by atoms with van der Waals surface area (Å²) in [6, 6.07) is 11.9. The van der Waals surface area contributed by atoms with Gasteiger partial charge in [-0.2, -0.15) is 5.10 Å². The van der Waals surface area contributed by atoms with Crippen LogP contribution in [0.1, 0.15) is 35.2 Å². The van der Waals surface area contributed by atoms with Gasteiger partial charge < -0.3 is 4.74 Å². The van der Waals surface area contributed by atoms with Crippen molar-refractivity contribution in [3.05, 3.63) is 71.3 Å². The number of Topliss-reactive ketones (excluding diaryl/α,β-unsaturated/α-hetero) is 1. The maximum Gasteiger partial charge on any atom is 0.306 e. The van der Waals surface area contributed by atoms with E-state index >= 15 is 0 Å². The van der Waals surface area contributed by atoms with E-state index < -0.39 is 35.6 Å². The van der Waals surface area contributed by atoms with Crippen LogP contribution >= 0.6 is 0 Å². The molecule has 1 heterocycles. The number of carbonyl (C=O) groups excluding carboxylic acids is 3. The van der Waals surface area contributed by atoms with Crippen molar-refractivity contribution in [2.75, 3.05) is 13.2 Å². The highest BCUT2D eigenvalue weighted by atomic mass is 19.1. The molecule has 0 saturated heterocycles. The Morgan fingerprint density at radius 3 is 2.55 bits per heavy atom. The maximum absolute atomic E-state index is 13.5. The Bertz CT molecular complexity index is 960. The molecular formula is C21H18F2N2O4. The molecule has 6 nitrogen and oxygen atoms in total. The van der Waals surface area contributed by atoms with Crippen molar-refractivity contribution >= 4 is 23.4 Å². The van der Waals surface area contributed by atoms with Crippen molar-refractivity contribution in [1.82, 2.24) is 5.01 Å². The van der Waals surface area contributed by atoms with Crippen LogP contribution < -0.4 is 0 Å². The molecule has 0 saturated carbocycles. The molecule has 2 aromatic rings. The average molecular weight is 400 g/mol. The Kier molecular flexibility index (Phi) is 6.43. The highest BCUT2D eigenvalue weighted by molar-refractivity contribution is 6.02. The summed E-state index contributed by atoms with van der Waals surface area (Å²) in [6.45, 7) is -0.303. The van der Waals surface area contributed by atoms with Crippen molar-refractivity contribution in [1.29, 1.82) is 0 Å². The van der Waals surface area contributed by atoms with Gasteiger partial charge in [-0.3, -0.25) is 14.4 Å². The molecule has 1 aliphatic heterocycles. The molecule has 1 aliphatic rings. The fraction of sp³-hybridized carbons (Fsp3) is 0.238. The number of ketones is 1. The lowest BCUT2D eigenvalue weighted by Gasteiger charge is -2.11. The van der Waals surface area contributed by atoms with Crippen LogP contribution in [0.25, 0.3) is 0 Å². The molecule has 0 fully saturated rings. The maximum atomic E-state index is 13.5. The van der Waals surface area contributed by atoms with Gasteiger partial charge in [0.05, 0.1) is 24.2 Å². The number of nitrogens with zero attached hydrogens (tertiary/aromatic N) is 2. The molecule has 150 valence electrons. The van der Waals surface area contributed by atoms with Gasteiger partial charge in [-0.15, -0.1) is 0 Å². The minimum Gasteiger partial charge on any atom is -0.457 e. The highest BCUT2D eigenvalue weighted by Crippen LogP contribution is 2.15. The van der Waals surface area contributed by atoms with Gasteiger partial charge in [0.15, 0.2) is 6.61 Å².